The first-order valence-corrected chi connectivity index (χ1v) is 9.37. The largest absolute Gasteiger partial charge is 0.342 e. The molecule has 1 N–H and O–H groups in total. The van der Waals surface area contributed by atoms with E-state index in [2.05, 4.69) is 22.2 Å². The van der Waals surface area contributed by atoms with Gasteiger partial charge in [0.1, 0.15) is 0 Å². The Kier molecular flexibility index (Phi) is 4.13. The maximum Gasteiger partial charge on any atom is 0.222 e. The number of fused-ring (bicyclic) bond motifs is 1. The van der Waals surface area contributed by atoms with Crippen molar-refractivity contribution in [3.05, 3.63) is 33.9 Å². The van der Waals surface area contributed by atoms with Gasteiger partial charge in [-0.1, -0.05) is 0 Å². The summed E-state index contributed by atoms with van der Waals surface area (Å²) >= 11 is 0. The van der Waals surface area contributed by atoms with Gasteiger partial charge in [0.05, 0.1) is 11.4 Å². The van der Waals surface area contributed by atoms with Crippen molar-refractivity contribution in [2.45, 2.75) is 58.3 Å². The maximum absolute atomic E-state index is 12.7. The molecule has 0 bridgehead atoms. The Morgan fingerprint density at radius 2 is 2.00 bits per heavy atom. The van der Waals surface area contributed by atoms with E-state index >= 15 is 0 Å². The SMILES string of the molecule is Cc1nn(C)c(C)c1CCC(=O)N1CCc2[nH]nc(C3CC3)c2CC1. The molecule has 0 saturated heterocycles. The molecule has 1 aliphatic carbocycles. The highest BCUT2D eigenvalue weighted by atomic mass is 16.2. The quantitative estimate of drug-likeness (QED) is 0.927. The summed E-state index contributed by atoms with van der Waals surface area (Å²) in [5.74, 6) is 0.924. The van der Waals surface area contributed by atoms with E-state index in [9.17, 15) is 4.79 Å². The minimum Gasteiger partial charge on any atom is -0.342 e. The van der Waals surface area contributed by atoms with Gasteiger partial charge in [0.15, 0.2) is 0 Å². The summed E-state index contributed by atoms with van der Waals surface area (Å²) in [5, 5.41) is 12.2. The summed E-state index contributed by atoms with van der Waals surface area (Å²) in [5.41, 5.74) is 7.32. The number of aryl methyl sites for hydroxylation is 2. The number of carbonyl (C=O) groups is 1. The molecule has 6 nitrogen and oxygen atoms in total. The van der Waals surface area contributed by atoms with Gasteiger partial charge in [0.2, 0.25) is 5.91 Å². The van der Waals surface area contributed by atoms with Crippen LogP contribution in [0.5, 0.6) is 0 Å². The van der Waals surface area contributed by atoms with E-state index in [0.29, 0.717) is 12.3 Å². The highest BCUT2D eigenvalue weighted by molar-refractivity contribution is 5.76. The highest BCUT2D eigenvalue weighted by Crippen LogP contribution is 2.41. The topological polar surface area (TPSA) is 66.8 Å². The van der Waals surface area contributed by atoms with Crippen molar-refractivity contribution in [1.82, 2.24) is 24.9 Å². The maximum atomic E-state index is 12.7. The Morgan fingerprint density at radius 1 is 1.24 bits per heavy atom. The number of rotatable bonds is 4. The Bertz CT molecular complexity index is 799. The highest BCUT2D eigenvalue weighted by Gasteiger charge is 2.31. The molecule has 2 aliphatic rings. The summed E-state index contributed by atoms with van der Waals surface area (Å²) in [6.45, 7) is 5.71. The summed E-state index contributed by atoms with van der Waals surface area (Å²) in [6, 6.07) is 0. The molecule has 0 unspecified atom stereocenters. The molecule has 0 radical (unpaired) electrons. The lowest BCUT2D eigenvalue weighted by molar-refractivity contribution is -0.131. The third-order valence-electron chi connectivity index (χ3n) is 5.81. The second-order valence-corrected chi connectivity index (χ2v) is 7.49. The average molecular weight is 341 g/mol. The molecule has 1 aliphatic heterocycles. The molecule has 134 valence electrons. The van der Waals surface area contributed by atoms with Gasteiger partial charge in [-0.15, -0.1) is 0 Å². The van der Waals surface area contributed by atoms with Crippen LogP contribution in [0, 0.1) is 13.8 Å². The third kappa shape index (κ3) is 3.10. The van der Waals surface area contributed by atoms with E-state index in [1.807, 2.05) is 23.6 Å². The zero-order valence-corrected chi connectivity index (χ0v) is 15.4. The van der Waals surface area contributed by atoms with Crippen molar-refractivity contribution in [2.75, 3.05) is 13.1 Å². The first kappa shape index (κ1) is 16.4. The zero-order valence-electron chi connectivity index (χ0n) is 15.4. The molecule has 6 heteroatoms. The van der Waals surface area contributed by atoms with E-state index in [-0.39, 0.29) is 5.91 Å². The fourth-order valence-corrected chi connectivity index (χ4v) is 4.02. The van der Waals surface area contributed by atoms with Gasteiger partial charge in [0.25, 0.3) is 0 Å². The lowest BCUT2D eigenvalue weighted by atomic mass is 10.1. The number of amides is 1. The summed E-state index contributed by atoms with van der Waals surface area (Å²) in [7, 11) is 1.96. The molecule has 3 heterocycles. The number of nitrogens with zero attached hydrogens (tertiary/aromatic N) is 4. The summed E-state index contributed by atoms with van der Waals surface area (Å²) in [6.07, 6.45) is 5.71. The molecular formula is C19H27N5O. The van der Waals surface area contributed by atoms with Crippen molar-refractivity contribution >= 4 is 5.91 Å². The van der Waals surface area contributed by atoms with Crippen LogP contribution in [0.4, 0.5) is 0 Å². The number of aromatic amines is 1. The fourth-order valence-electron chi connectivity index (χ4n) is 4.02. The van der Waals surface area contributed by atoms with Crippen molar-refractivity contribution in [2.24, 2.45) is 7.05 Å². The molecule has 25 heavy (non-hydrogen) atoms. The van der Waals surface area contributed by atoms with Gasteiger partial charge < -0.3 is 4.90 Å². The predicted octanol–water partition coefficient (Wildman–Crippen LogP) is 2.20. The lowest BCUT2D eigenvalue weighted by Crippen LogP contribution is -2.33. The predicted molar refractivity (Wildman–Crippen MR) is 95.6 cm³/mol. The smallest absolute Gasteiger partial charge is 0.222 e. The van der Waals surface area contributed by atoms with Gasteiger partial charge >= 0.3 is 0 Å². The van der Waals surface area contributed by atoms with E-state index in [1.165, 1.54) is 35.4 Å². The molecule has 0 aromatic carbocycles. The second kappa shape index (κ2) is 6.32. The number of aromatic nitrogens is 4. The monoisotopic (exact) mass is 341 g/mol. The average Bonchev–Trinajstić information content (AvgIpc) is 3.35. The van der Waals surface area contributed by atoms with Crippen LogP contribution in [0.1, 0.15) is 59.1 Å². The van der Waals surface area contributed by atoms with Crippen molar-refractivity contribution in [3.8, 4) is 0 Å². The summed E-state index contributed by atoms with van der Waals surface area (Å²) < 4.78 is 1.90. The number of hydrogen-bond acceptors (Lipinski definition) is 3. The van der Waals surface area contributed by atoms with Crippen LogP contribution in [0.15, 0.2) is 0 Å². The molecular weight excluding hydrogens is 314 g/mol. The van der Waals surface area contributed by atoms with Gasteiger partial charge in [-0.25, -0.2) is 0 Å². The standard InChI is InChI=1S/C19H27N5O/c1-12-15(13(2)23(3)22-12)6-7-18(25)24-10-8-16-17(9-11-24)20-21-19(16)14-4-5-14/h14H,4-11H2,1-3H3,(H,20,21). The van der Waals surface area contributed by atoms with E-state index in [1.54, 1.807) is 0 Å². The lowest BCUT2D eigenvalue weighted by Gasteiger charge is -2.20. The number of H-pyrrole nitrogens is 1. The molecule has 1 fully saturated rings. The number of nitrogens with one attached hydrogen (secondary N) is 1. The van der Waals surface area contributed by atoms with E-state index < -0.39 is 0 Å². The molecule has 1 saturated carbocycles. The van der Waals surface area contributed by atoms with Crippen LogP contribution in [-0.2, 0) is 31.1 Å². The second-order valence-electron chi connectivity index (χ2n) is 7.49. The minimum absolute atomic E-state index is 0.258. The number of hydrogen-bond donors (Lipinski definition) is 1. The van der Waals surface area contributed by atoms with Gasteiger partial charge in [0, 0.05) is 50.3 Å². The molecule has 0 spiro atoms. The molecule has 2 aromatic rings. The third-order valence-corrected chi connectivity index (χ3v) is 5.81. The Hall–Kier alpha value is -2.11. The van der Waals surface area contributed by atoms with Crippen LogP contribution in [0.2, 0.25) is 0 Å². The van der Waals surface area contributed by atoms with Crippen LogP contribution in [-0.4, -0.2) is 43.9 Å². The van der Waals surface area contributed by atoms with Crippen LogP contribution >= 0.6 is 0 Å². The Morgan fingerprint density at radius 3 is 2.68 bits per heavy atom. The van der Waals surface area contributed by atoms with Crippen LogP contribution in [0.3, 0.4) is 0 Å². The summed E-state index contributed by atoms with van der Waals surface area (Å²) in [4.78, 5) is 14.8. The van der Waals surface area contributed by atoms with Crippen molar-refractivity contribution in [3.63, 3.8) is 0 Å². The minimum atomic E-state index is 0.258. The van der Waals surface area contributed by atoms with Crippen LogP contribution in [0.25, 0.3) is 0 Å². The Labute approximate surface area is 148 Å². The number of carbonyl (C=O) groups excluding carboxylic acids is 1. The fraction of sp³-hybridized carbons (Fsp3) is 0.632. The first-order valence-electron chi connectivity index (χ1n) is 9.37. The first-order chi connectivity index (χ1) is 12.0. The molecule has 0 atom stereocenters. The molecule has 1 amide bonds. The normalized spacial score (nSPS) is 17.5. The molecule has 2 aromatic heterocycles. The van der Waals surface area contributed by atoms with E-state index in [0.717, 1.165) is 43.7 Å². The van der Waals surface area contributed by atoms with Gasteiger partial charge in [-0.2, -0.15) is 10.2 Å². The molecule has 4 rings (SSSR count). The van der Waals surface area contributed by atoms with Gasteiger partial charge in [-0.3, -0.25) is 14.6 Å². The van der Waals surface area contributed by atoms with Crippen molar-refractivity contribution in [1.29, 1.82) is 0 Å². The van der Waals surface area contributed by atoms with Gasteiger partial charge in [-0.05, 0) is 50.7 Å². The van der Waals surface area contributed by atoms with E-state index in [4.69, 9.17) is 0 Å². The zero-order chi connectivity index (χ0) is 17.6. The van der Waals surface area contributed by atoms with Crippen LogP contribution < -0.4 is 0 Å². The Balaban J connectivity index is 1.38. The van der Waals surface area contributed by atoms with Crippen molar-refractivity contribution < 1.29 is 4.79 Å².